The Hall–Kier alpha value is -3.58. The Morgan fingerprint density at radius 1 is 0.914 bits per heavy atom. The second kappa shape index (κ2) is 8.89. The van der Waals surface area contributed by atoms with Crippen LogP contribution in [0, 0.1) is 0 Å². The quantitative estimate of drug-likeness (QED) is 0.214. The first-order chi connectivity index (χ1) is 16.3. The fourth-order valence-electron chi connectivity index (χ4n) is 3.59. The van der Waals surface area contributed by atoms with E-state index in [0.717, 1.165) is 11.6 Å². The number of halogens is 4. The highest BCUT2D eigenvalue weighted by Crippen LogP contribution is 2.38. The van der Waals surface area contributed by atoms with E-state index in [2.05, 4.69) is 0 Å². The van der Waals surface area contributed by atoms with Crippen molar-refractivity contribution in [2.75, 3.05) is 0 Å². The van der Waals surface area contributed by atoms with E-state index in [0.29, 0.717) is 5.02 Å². The van der Waals surface area contributed by atoms with Gasteiger partial charge in [-0.05, 0) is 52.9 Å². The fraction of sp³-hybridized carbons (Fsp3) is 0.185. The number of hydrogen-bond donors (Lipinski definition) is 0. The summed E-state index contributed by atoms with van der Waals surface area (Å²) in [5.74, 6) is -2.20. The smallest absolute Gasteiger partial charge is 0.450 e. The molecule has 0 aliphatic rings. The highest BCUT2D eigenvalue weighted by atomic mass is 35.5. The van der Waals surface area contributed by atoms with Gasteiger partial charge in [0.05, 0.1) is 16.5 Å². The summed E-state index contributed by atoms with van der Waals surface area (Å²) >= 11 is 5.83. The third kappa shape index (κ3) is 5.10. The first-order valence-electron chi connectivity index (χ1n) is 10.6. The average Bonchev–Trinajstić information content (AvgIpc) is 2.78. The highest BCUT2D eigenvalue weighted by molar-refractivity contribution is 6.30. The number of ether oxygens (including phenoxy) is 1. The summed E-state index contributed by atoms with van der Waals surface area (Å²) in [7, 11) is 0. The van der Waals surface area contributed by atoms with Crippen LogP contribution in [0.15, 0.2) is 75.9 Å². The van der Waals surface area contributed by atoms with E-state index < -0.39 is 28.9 Å². The number of hydrogen-bond acceptors (Lipinski definition) is 4. The lowest BCUT2D eigenvalue weighted by Gasteiger charge is -2.18. The molecular weight excluding hydrogens is 481 g/mol. The molecule has 0 N–H and O–H groups in total. The van der Waals surface area contributed by atoms with Gasteiger partial charge < -0.3 is 9.15 Å². The molecule has 0 saturated carbocycles. The molecule has 180 valence electrons. The van der Waals surface area contributed by atoms with E-state index in [1.54, 1.807) is 12.1 Å². The molecule has 0 unspecified atom stereocenters. The molecule has 4 nitrogen and oxygen atoms in total. The molecule has 0 atom stereocenters. The summed E-state index contributed by atoms with van der Waals surface area (Å²) in [6, 6.07) is 16.0. The molecule has 4 rings (SSSR count). The minimum absolute atomic E-state index is 0.0200. The Kier molecular flexibility index (Phi) is 6.23. The van der Waals surface area contributed by atoms with Crippen LogP contribution < -0.4 is 10.2 Å². The average molecular weight is 501 g/mol. The first-order valence-corrected chi connectivity index (χ1v) is 11.0. The third-order valence-electron chi connectivity index (χ3n) is 5.45. The molecule has 0 saturated heterocycles. The molecule has 1 aromatic heterocycles. The Labute approximate surface area is 203 Å². The van der Waals surface area contributed by atoms with Gasteiger partial charge >= 0.3 is 12.1 Å². The second-order valence-electron chi connectivity index (χ2n) is 9.01. The Balaban J connectivity index is 1.73. The van der Waals surface area contributed by atoms with Gasteiger partial charge in [0.15, 0.2) is 0 Å². The second-order valence-corrected chi connectivity index (χ2v) is 9.45. The standard InChI is InChI=1S/C27H20ClF3O4/c1-26(2,3)17-8-4-16(5-9-17)25(33)34-19-12-13-20-21(14-19)35-24(27(29,30)31)22(23(20)32)15-6-10-18(28)11-7-15/h4-14H,1-3H3. The van der Waals surface area contributed by atoms with Crippen LogP contribution in [0.4, 0.5) is 13.2 Å². The van der Waals surface area contributed by atoms with Crippen LogP contribution in [-0.2, 0) is 11.6 Å². The summed E-state index contributed by atoms with van der Waals surface area (Å²) < 4.78 is 52.0. The van der Waals surface area contributed by atoms with Crippen molar-refractivity contribution in [1.82, 2.24) is 0 Å². The molecule has 4 aromatic rings. The van der Waals surface area contributed by atoms with Gasteiger partial charge in [0.2, 0.25) is 11.2 Å². The van der Waals surface area contributed by atoms with Crippen molar-refractivity contribution >= 4 is 28.5 Å². The molecule has 0 spiro atoms. The molecule has 0 fully saturated rings. The van der Waals surface area contributed by atoms with E-state index in [1.165, 1.54) is 36.4 Å². The SMILES string of the molecule is CC(C)(C)c1ccc(C(=O)Oc2ccc3c(=O)c(-c4ccc(Cl)cc4)c(C(F)(F)F)oc3c2)cc1. The van der Waals surface area contributed by atoms with Crippen LogP contribution in [0.3, 0.4) is 0 Å². The third-order valence-corrected chi connectivity index (χ3v) is 5.70. The molecule has 0 aliphatic carbocycles. The fourth-order valence-corrected chi connectivity index (χ4v) is 3.71. The van der Waals surface area contributed by atoms with E-state index >= 15 is 0 Å². The van der Waals surface area contributed by atoms with Gasteiger partial charge in [-0.3, -0.25) is 4.79 Å². The lowest BCUT2D eigenvalue weighted by molar-refractivity contribution is -0.152. The van der Waals surface area contributed by atoms with Gasteiger partial charge in [0.1, 0.15) is 11.3 Å². The maximum Gasteiger partial charge on any atom is 0.450 e. The van der Waals surface area contributed by atoms with Gasteiger partial charge in [0, 0.05) is 11.1 Å². The Morgan fingerprint density at radius 2 is 1.54 bits per heavy atom. The number of fused-ring (bicyclic) bond motifs is 1. The summed E-state index contributed by atoms with van der Waals surface area (Å²) in [5, 5.41) is 0.226. The van der Waals surface area contributed by atoms with Crippen LogP contribution in [0.5, 0.6) is 5.75 Å². The molecular formula is C27H20ClF3O4. The topological polar surface area (TPSA) is 56.5 Å². The largest absolute Gasteiger partial charge is 0.450 e. The van der Waals surface area contributed by atoms with Crippen molar-refractivity contribution in [2.24, 2.45) is 0 Å². The highest BCUT2D eigenvalue weighted by Gasteiger charge is 2.39. The van der Waals surface area contributed by atoms with Gasteiger partial charge in [0.25, 0.3) is 0 Å². The minimum atomic E-state index is -4.94. The predicted octanol–water partition coefficient (Wildman–Crippen LogP) is 7.65. The maximum absolute atomic E-state index is 13.8. The lowest BCUT2D eigenvalue weighted by Crippen LogP contribution is -2.16. The Morgan fingerprint density at radius 3 is 2.11 bits per heavy atom. The zero-order valence-electron chi connectivity index (χ0n) is 19.0. The molecule has 0 amide bonds. The molecule has 3 aromatic carbocycles. The van der Waals surface area contributed by atoms with Crippen molar-refractivity contribution in [2.45, 2.75) is 32.4 Å². The molecule has 35 heavy (non-hydrogen) atoms. The van der Waals surface area contributed by atoms with E-state index in [9.17, 15) is 22.8 Å². The van der Waals surface area contributed by atoms with Crippen LogP contribution in [0.25, 0.3) is 22.1 Å². The maximum atomic E-state index is 13.8. The summed E-state index contributed by atoms with van der Waals surface area (Å²) in [5.41, 5.74) is -0.618. The number of carbonyl (C=O) groups excluding carboxylic acids is 1. The van der Waals surface area contributed by atoms with Gasteiger partial charge in [-0.25, -0.2) is 4.79 Å². The number of carbonyl (C=O) groups is 1. The van der Waals surface area contributed by atoms with Crippen molar-refractivity contribution in [3.63, 3.8) is 0 Å². The van der Waals surface area contributed by atoms with E-state index in [4.69, 9.17) is 20.8 Å². The van der Waals surface area contributed by atoms with Gasteiger partial charge in [-0.15, -0.1) is 0 Å². The minimum Gasteiger partial charge on any atom is -0.450 e. The lowest BCUT2D eigenvalue weighted by atomic mass is 9.87. The monoisotopic (exact) mass is 500 g/mol. The summed E-state index contributed by atoms with van der Waals surface area (Å²) in [6.07, 6.45) is -4.94. The van der Waals surface area contributed by atoms with Gasteiger partial charge in [-0.1, -0.05) is 56.6 Å². The van der Waals surface area contributed by atoms with Crippen LogP contribution in [0.1, 0.15) is 42.5 Å². The van der Waals surface area contributed by atoms with Crippen molar-refractivity contribution in [3.8, 4) is 16.9 Å². The van der Waals surface area contributed by atoms with E-state index in [-0.39, 0.29) is 33.3 Å². The molecule has 8 heteroatoms. The number of benzene rings is 3. The van der Waals surface area contributed by atoms with Crippen LogP contribution >= 0.6 is 11.6 Å². The molecule has 1 heterocycles. The first kappa shape index (κ1) is 24.5. The predicted molar refractivity (Wildman–Crippen MR) is 128 cm³/mol. The van der Waals surface area contributed by atoms with Crippen LogP contribution in [-0.4, -0.2) is 5.97 Å². The summed E-state index contributed by atoms with van der Waals surface area (Å²) in [6.45, 7) is 6.12. The van der Waals surface area contributed by atoms with Crippen molar-refractivity contribution in [1.29, 1.82) is 0 Å². The molecule has 0 bridgehead atoms. The van der Waals surface area contributed by atoms with Crippen LogP contribution in [0.2, 0.25) is 5.02 Å². The van der Waals surface area contributed by atoms with Crippen molar-refractivity contribution in [3.05, 3.63) is 98.9 Å². The zero-order valence-corrected chi connectivity index (χ0v) is 19.8. The van der Waals surface area contributed by atoms with Gasteiger partial charge in [-0.2, -0.15) is 13.2 Å². The van der Waals surface area contributed by atoms with Crippen molar-refractivity contribution < 1.29 is 27.1 Å². The molecule has 0 aliphatic heterocycles. The normalized spacial score (nSPS) is 12.1. The zero-order chi connectivity index (χ0) is 25.5. The molecule has 0 radical (unpaired) electrons. The Bertz CT molecular complexity index is 1460. The van der Waals surface area contributed by atoms with E-state index in [1.807, 2.05) is 32.9 Å². The summed E-state index contributed by atoms with van der Waals surface area (Å²) in [4.78, 5) is 25.6. The number of alkyl halides is 3. The number of rotatable bonds is 3. The number of esters is 1.